The largest absolute Gasteiger partial charge is 0.376 e. The number of ether oxygens (including phenoxy) is 1. The van der Waals surface area contributed by atoms with E-state index < -0.39 is 0 Å². The van der Waals surface area contributed by atoms with Crippen LogP contribution in [0.1, 0.15) is 37.8 Å². The number of benzene rings is 1. The maximum absolute atomic E-state index is 5.68. The first-order chi connectivity index (χ1) is 13.8. The summed E-state index contributed by atoms with van der Waals surface area (Å²) in [5.41, 5.74) is 1.42. The summed E-state index contributed by atoms with van der Waals surface area (Å²) < 4.78 is 5.68. The van der Waals surface area contributed by atoms with Crippen LogP contribution in [0.5, 0.6) is 0 Å². The van der Waals surface area contributed by atoms with E-state index in [1.54, 1.807) is 0 Å². The summed E-state index contributed by atoms with van der Waals surface area (Å²) in [7, 11) is 2.22. The molecule has 0 spiro atoms. The summed E-state index contributed by atoms with van der Waals surface area (Å²) in [5.74, 6) is 0.913. The Hall–Kier alpha value is -0.900. The van der Waals surface area contributed by atoms with Crippen molar-refractivity contribution in [3.05, 3.63) is 35.9 Å². The second-order valence-electron chi connectivity index (χ2n) is 7.86. The second kappa shape index (κ2) is 13.4. The highest BCUT2D eigenvalue weighted by Crippen LogP contribution is 2.24. The summed E-state index contributed by atoms with van der Waals surface area (Å²) >= 11 is 0. The van der Waals surface area contributed by atoms with Gasteiger partial charge >= 0.3 is 0 Å². The molecule has 0 saturated carbocycles. The number of nitrogens with one attached hydrogen (secondary N) is 2. The number of guanidine groups is 1. The number of hydrogen-bond acceptors (Lipinski definition) is 4. The minimum Gasteiger partial charge on any atom is -0.376 e. The van der Waals surface area contributed by atoms with Crippen LogP contribution in [0.4, 0.5) is 0 Å². The first-order valence-corrected chi connectivity index (χ1v) is 10.9. The SMILES string of the molecule is CCNC(=NCC1CCCO1)NCCCN1CCN(C)CC1c1ccccc1.I. The number of halogens is 1. The van der Waals surface area contributed by atoms with Crippen molar-refractivity contribution in [3.8, 4) is 0 Å². The van der Waals surface area contributed by atoms with Crippen LogP contribution >= 0.6 is 24.0 Å². The molecular weight excluding hydrogens is 477 g/mol. The maximum atomic E-state index is 5.68. The molecular formula is C22H38IN5O. The molecule has 2 N–H and O–H groups in total. The molecule has 2 saturated heterocycles. The van der Waals surface area contributed by atoms with E-state index in [0.717, 1.165) is 77.6 Å². The van der Waals surface area contributed by atoms with Gasteiger partial charge in [-0.15, -0.1) is 24.0 Å². The number of likely N-dealkylation sites (N-methyl/N-ethyl adjacent to an activating group) is 1. The molecule has 164 valence electrons. The van der Waals surface area contributed by atoms with Gasteiger partial charge in [0.25, 0.3) is 0 Å². The Bertz CT molecular complexity index is 594. The lowest BCUT2D eigenvalue weighted by atomic mass is 10.0. The van der Waals surface area contributed by atoms with E-state index in [1.807, 2.05) is 0 Å². The summed E-state index contributed by atoms with van der Waals surface area (Å²) in [6.07, 6.45) is 3.70. The Labute approximate surface area is 193 Å². The Kier molecular flexibility index (Phi) is 11.3. The molecule has 7 heteroatoms. The fourth-order valence-electron chi connectivity index (χ4n) is 4.03. The van der Waals surface area contributed by atoms with Gasteiger partial charge in [0.15, 0.2) is 5.96 Å². The predicted octanol–water partition coefficient (Wildman–Crippen LogP) is 2.72. The zero-order chi connectivity index (χ0) is 19.6. The Balaban J connectivity index is 0.00000300. The molecule has 1 aromatic carbocycles. The van der Waals surface area contributed by atoms with E-state index >= 15 is 0 Å². The van der Waals surface area contributed by atoms with Crippen molar-refractivity contribution in [2.75, 3.05) is 59.5 Å². The molecule has 2 unspecified atom stereocenters. The summed E-state index contributed by atoms with van der Waals surface area (Å²) in [6.45, 7) is 10.0. The van der Waals surface area contributed by atoms with Crippen molar-refractivity contribution in [2.45, 2.75) is 38.3 Å². The molecule has 2 heterocycles. The van der Waals surface area contributed by atoms with Crippen LogP contribution in [0.3, 0.4) is 0 Å². The van der Waals surface area contributed by atoms with Crippen molar-refractivity contribution in [1.29, 1.82) is 0 Å². The normalized spacial score (nSPS) is 23.6. The molecule has 0 amide bonds. The highest BCUT2D eigenvalue weighted by molar-refractivity contribution is 14.0. The van der Waals surface area contributed by atoms with Crippen LogP contribution in [-0.2, 0) is 4.74 Å². The number of piperazine rings is 1. The maximum Gasteiger partial charge on any atom is 0.191 e. The van der Waals surface area contributed by atoms with Gasteiger partial charge in [-0.05, 0) is 38.8 Å². The van der Waals surface area contributed by atoms with Crippen molar-refractivity contribution >= 4 is 29.9 Å². The van der Waals surface area contributed by atoms with Crippen LogP contribution in [0.2, 0.25) is 0 Å². The van der Waals surface area contributed by atoms with Crippen LogP contribution in [-0.4, -0.2) is 81.3 Å². The van der Waals surface area contributed by atoms with Gasteiger partial charge in [-0.2, -0.15) is 0 Å². The lowest BCUT2D eigenvalue weighted by molar-refractivity contribution is 0.0891. The summed E-state index contributed by atoms with van der Waals surface area (Å²) in [5, 5.41) is 6.84. The lowest BCUT2D eigenvalue weighted by Gasteiger charge is -2.40. The van der Waals surface area contributed by atoms with Crippen molar-refractivity contribution in [1.82, 2.24) is 20.4 Å². The molecule has 0 aliphatic carbocycles. The molecule has 1 aromatic rings. The quantitative estimate of drug-likeness (QED) is 0.242. The van der Waals surface area contributed by atoms with Crippen LogP contribution in [0, 0.1) is 0 Å². The first-order valence-electron chi connectivity index (χ1n) is 10.9. The van der Waals surface area contributed by atoms with Crippen LogP contribution < -0.4 is 10.6 Å². The van der Waals surface area contributed by atoms with Gasteiger partial charge in [-0.3, -0.25) is 9.89 Å². The summed E-state index contributed by atoms with van der Waals surface area (Å²) in [4.78, 5) is 9.77. The van der Waals surface area contributed by atoms with Gasteiger partial charge in [0, 0.05) is 51.9 Å². The average molecular weight is 515 g/mol. The number of rotatable bonds is 8. The molecule has 29 heavy (non-hydrogen) atoms. The minimum absolute atomic E-state index is 0. The molecule has 2 fully saturated rings. The monoisotopic (exact) mass is 515 g/mol. The van der Waals surface area contributed by atoms with Gasteiger partial charge in [-0.1, -0.05) is 30.3 Å². The molecule has 2 aliphatic rings. The zero-order valence-electron chi connectivity index (χ0n) is 18.0. The standard InChI is InChI=1S/C22H37N5O.HI/c1-3-23-22(25-17-20-11-7-16-28-20)24-12-8-13-27-15-14-26(2)18-21(27)19-9-5-4-6-10-19;/h4-6,9-10,20-21H,3,7-8,11-18H2,1-2H3,(H2,23,24,25);1H. The molecule has 0 bridgehead atoms. The van der Waals surface area contributed by atoms with Gasteiger partial charge in [0.1, 0.15) is 0 Å². The van der Waals surface area contributed by atoms with Crippen molar-refractivity contribution in [2.24, 2.45) is 4.99 Å². The fraction of sp³-hybridized carbons (Fsp3) is 0.682. The van der Waals surface area contributed by atoms with Gasteiger partial charge in [-0.25, -0.2) is 0 Å². The average Bonchev–Trinajstić information content (AvgIpc) is 3.24. The predicted molar refractivity (Wildman–Crippen MR) is 131 cm³/mol. The Morgan fingerprint density at radius 2 is 2.03 bits per heavy atom. The van der Waals surface area contributed by atoms with E-state index in [9.17, 15) is 0 Å². The van der Waals surface area contributed by atoms with E-state index in [2.05, 4.69) is 64.7 Å². The molecule has 0 aromatic heterocycles. The minimum atomic E-state index is 0. The molecule has 6 nitrogen and oxygen atoms in total. The number of hydrogen-bond donors (Lipinski definition) is 2. The van der Waals surface area contributed by atoms with Crippen molar-refractivity contribution < 1.29 is 4.74 Å². The molecule has 3 rings (SSSR count). The highest BCUT2D eigenvalue weighted by atomic mass is 127. The van der Waals surface area contributed by atoms with Crippen molar-refractivity contribution in [3.63, 3.8) is 0 Å². The van der Waals surface area contributed by atoms with E-state index in [-0.39, 0.29) is 24.0 Å². The van der Waals surface area contributed by atoms with E-state index in [0.29, 0.717) is 12.1 Å². The third-order valence-electron chi connectivity index (χ3n) is 5.61. The topological polar surface area (TPSA) is 52.1 Å². The summed E-state index contributed by atoms with van der Waals surface area (Å²) in [6, 6.07) is 11.4. The van der Waals surface area contributed by atoms with Gasteiger partial charge in [0.05, 0.1) is 12.6 Å². The molecule has 2 aliphatic heterocycles. The zero-order valence-corrected chi connectivity index (χ0v) is 20.3. The van der Waals surface area contributed by atoms with Gasteiger partial charge < -0.3 is 20.3 Å². The van der Waals surface area contributed by atoms with Crippen LogP contribution in [0.15, 0.2) is 35.3 Å². The third-order valence-corrected chi connectivity index (χ3v) is 5.61. The first kappa shape index (κ1) is 24.4. The Morgan fingerprint density at radius 3 is 2.76 bits per heavy atom. The van der Waals surface area contributed by atoms with Crippen LogP contribution in [0.25, 0.3) is 0 Å². The smallest absolute Gasteiger partial charge is 0.191 e. The number of nitrogens with zero attached hydrogens (tertiary/aromatic N) is 3. The fourth-order valence-corrected chi connectivity index (χ4v) is 4.03. The number of aliphatic imine (C=N–C) groups is 1. The van der Waals surface area contributed by atoms with Gasteiger partial charge in [0.2, 0.25) is 0 Å². The Morgan fingerprint density at radius 1 is 1.21 bits per heavy atom. The van der Waals surface area contributed by atoms with E-state index in [4.69, 9.17) is 9.73 Å². The van der Waals surface area contributed by atoms with E-state index in [1.165, 1.54) is 5.56 Å². The highest BCUT2D eigenvalue weighted by Gasteiger charge is 2.25. The third kappa shape index (κ3) is 8.03. The lowest BCUT2D eigenvalue weighted by Crippen LogP contribution is -2.47. The second-order valence-corrected chi connectivity index (χ2v) is 7.86. The molecule has 2 atom stereocenters. The molecule has 0 radical (unpaired) electrons.